The van der Waals surface area contributed by atoms with E-state index in [1.54, 1.807) is 0 Å². The van der Waals surface area contributed by atoms with Crippen molar-refractivity contribution in [2.24, 2.45) is 11.3 Å². The standard InChI is InChI=1S/C8H14O/c1-6-7(9)4-5-8(6,2)3/h6H,4-5H2,1-3H3/t6-/m0/s1. The zero-order valence-corrected chi connectivity index (χ0v) is 6.40. The molecule has 1 rings (SSSR count). The Kier molecular flexibility index (Phi) is 1.38. The highest BCUT2D eigenvalue weighted by Gasteiger charge is 2.37. The fraction of sp³-hybridized carbons (Fsp3) is 0.875. The number of hydrogen-bond donors (Lipinski definition) is 0. The van der Waals surface area contributed by atoms with E-state index in [9.17, 15) is 4.79 Å². The van der Waals surface area contributed by atoms with Gasteiger partial charge in [0.1, 0.15) is 5.78 Å². The quantitative estimate of drug-likeness (QED) is 0.485. The largest absolute Gasteiger partial charge is 0.299 e. The van der Waals surface area contributed by atoms with Crippen molar-refractivity contribution in [1.82, 2.24) is 0 Å². The van der Waals surface area contributed by atoms with Gasteiger partial charge in [-0.15, -0.1) is 0 Å². The van der Waals surface area contributed by atoms with E-state index >= 15 is 0 Å². The Labute approximate surface area is 56.4 Å². The maximum Gasteiger partial charge on any atom is 0.136 e. The first kappa shape index (κ1) is 6.79. The molecule has 0 N–H and O–H groups in total. The Balaban J connectivity index is 2.73. The lowest BCUT2D eigenvalue weighted by molar-refractivity contribution is -0.121. The first-order chi connectivity index (χ1) is 4.04. The summed E-state index contributed by atoms with van der Waals surface area (Å²) in [5.41, 5.74) is 0.275. The summed E-state index contributed by atoms with van der Waals surface area (Å²) in [7, 11) is 0. The first-order valence-electron chi connectivity index (χ1n) is 3.57. The van der Waals surface area contributed by atoms with E-state index in [4.69, 9.17) is 0 Å². The topological polar surface area (TPSA) is 17.1 Å². The molecule has 1 aliphatic rings. The number of Topliss-reactive ketones (excluding diaryl/α,β-unsaturated/α-hetero) is 1. The van der Waals surface area contributed by atoms with Crippen LogP contribution in [0, 0.1) is 11.3 Å². The molecule has 1 fully saturated rings. The smallest absolute Gasteiger partial charge is 0.136 e. The Morgan fingerprint density at radius 1 is 1.56 bits per heavy atom. The monoisotopic (exact) mass is 126 g/mol. The number of ketones is 1. The summed E-state index contributed by atoms with van der Waals surface area (Å²) in [6, 6.07) is 0. The maximum absolute atomic E-state index is 11.0. The summed E-state index contributed by atoms with van der Waals surface area (Å²) in [6.07, 6.45) is 1.88. The molecule has 0 spiro atoms. The van der Waals surface area contributed by atoms with Gasteiger partial charge in [-0.25, -0.2) is 0 Å². The SMILES string of the molecule is C[C@H]1C(=O)CCC1(C)C. The van der Waals surface area contributed by atoms with Gasteiger partial charge in [0.25, 0.3) is 0 Å². The van der Waals surface area contributed by atoms with Crippen molar-refractivity contribution < 1.29 is 4.79 Å². The highest BCUT2D eigenvalue weighted by molar-refractivity contribution is 5.83. The first-order valence-corrected chi connectivity index (χ1v) is 3.57. The fourth-order valence-electron chi connectivity index (χ4n) is 1.31. The minimum absolute atomic E-state index is 0.275. The van der Waals surface area contributed by atoms with Crippen molar-refractivity contribution in [3.63, 3.8) is 0 Å². The highest BCUT2D eigenvalue weighted by Crippen LogP contribution is 2.39. The van der Waals surface area contributed by atoms with Gasteiger partial charge in [-0.05, 0) is 11.8 Å². The second-order valence-electron chi connectivity index (χ2n) is 3.68. The van der Waals surface area contributed by atoms with Crippen molar-refractivity contribution in [2.75, 3.05) is 0 Å². The molecule has 0 amide bonds. The van der Waals surface area contributed by atoms with Crippen LogP contribution in [0.1, 0.15) is 33.6 Å². The molecule has 1 saturated carbocycles. The summed E-state index contributed by atoms with van der Waals surface area (Å²) in [5.74, 6) is 0.734. The molecule has 1 heteroatoms. The molecule has 1 atom stereocenters. The lowest BCUT2D eigenvalue weighted by atomic mass is 9.83. The zero-order valence-electron chi connectivity index (χ0n) is 6.40. The molecule has 0 bridgehead atoms. The summed E-state index contributed by atoms with van der Waals surface area (Å²) in [4.78, 5) is 11.0. The zero-order chi connectivity index (χ0) is 7.07. The summed E-state index contributed by atoms with van der Waals surface area (Å²) >= 11 is 0. The van der Waals surface area contributed by atoms with Gasteiger partial charge in [0.05, 0.1) is 0 Å². The lowest BCUT2D eigenvalue weighted by Gasteiger charge is -2.21. The number of carbonyl (C=O) groups is 1. The molecule has 1 aliphatic carbocycles. The van der Waals surface area contributed by atoms with Crippen LogP contribution >= 0.6 is 0 Å². The molecule has 0 aromatic carbocycles. The Morgan fingerprint density at radius 2 is 2.11 bits per heavy atom. The molecule has 1 nitrogen and oxygen atoms in total. The normalized spacial score (nSPS) is 33.2. The summed E-state index contributed by atoms with van der Waals surface area (Å²) in [5, 5.41) is 0. The van der Waals surface area contributed by atoms with Crippen LogP contribution in [0.15, 0.2) is 0 Å². The molecule has 0 heterocycles. The molecule has 0 aliphatic heterocycles. The van der Waals surface area contributed by atoms with E-state index < -0.39 is 0 Å². The van der Waals surface area contributed by atoms with Crippen LogP contribution in [0.25, 0.3) is 0 Å². The molecule has 0 saturated heterocycles. The van der Waals surface area contributed by atoms with Crippen LogP contribution in [-0.2, 0) is 4.79 Å². The maximum atomic E-state index is 11.0. The number of hydrogen-bond acceptors (Lipinski definition) is 1. The molecule has 0 unspecified atom stereocenters. The van der Waals surface area contributed by atoms with Gasteiger partial charge >= 0.3 is 0 Å². The van der Waals surface area contributed by atoms with Gasteiger partial charge in [-0.3, -0.25) is 4.79 Å². The predicted molar refractivity (Wildman–Crippen MR) is 37.2 cm³/mol. The Hall–Kier alpha value is -0.330. The van der Waals surface area contributed by atoms with E-state index in [1.165, 1.54) is 0 Å². The van der Waals surface area contributed by atoms with Crippen LogP contribution < -0.4 is 0 Å². The van der Waals surface area contributed by atoms with E-state index in [1.807, 2.05) is 6.92 Å². The van der Waals surface area contributed by atoms with Crippen molar-refractivity contribution in [1.29, 1.82) is 0 Å². The lowest BCUT2D eigenvalue weighted by Crippen LogP contribution is -2.18. The second kappa shape index (κ2) is 1.83. The van der Waals surface area contributed by atoms with Gasteiger partial charge in [0.15, 0.2) is 0 Å². The van der Waals surface area contributed by atoms with E-state index in [2.05, 4.69) is 13.8 Å². The minimum Gasteiger partial charge on any atom is -0.299 e. The van der Waals surface area contributed by atoms with Gasteiger partial charge in [0.2, 0.25) is 0 Å². The molecular weight excluding hydrogens is 112 g/mol. The fourth-order valence-corrected chi connectivity index (χ4v) is 1.31. The number of rotatable bonds is 0. The molecule has 0 aromatic heterocycles. The summed E-state index contributed by atoms with van der Waals surface area (Å²) < 4.78 is 0. The van der Waals surface area contributed by atoms with Crippen molar-refractivity contribution in [3.05, 3.63) is 0 Å². The molecule has 52 valence electrons. The summed E-state index contributed by atoms with van der Waals surface area (Å²) in [6.45, 7) is 6.38. The van der Waals surface area contributed by atoms with Crippen molar-refractivity contribution in [2.45, 2.75) is 33.6 Å². The molecular formula is C8H14O. The minimum atomic E-state index is 0.275. The average molecular weight is 126 g/mol. The number of carbonyl (C=O) groups excluding carboxylic acids is 1. The van der Waals surface area contributed by atoms with Gasteiger partial charge in [-0.1, -0.05) is 20.8 Å². The van der Waals surface area contributed by atoms with Gasteiger partial charge < -0.3 is 0 Å². The van der Waals surface area contributed by atoms with Crippen LogP contribution in [0.5, 0.6) is 0 Å². The van der Waals surface area contributed by atoms with Crippen LogP contribution in [0.3, 0.4) is 0 Å². The van der Waals surface area contributed by atoms with Crippen molar-refractivity contribution >= 4 is 5.78 Å². The third-order valence-electron chi connectivity index (χ3n) is 2.67. The van der Waals surface area contributed by atoms with Crippen molar-refractivity contribution in [3.8, 4) is 0 Å². The van der Waals surface area contributed by atoms with E-state index in [-0.39, 0.29) is 11.3 Å². The van der Waals surface area contributed by atoms with E-state index in [0.717, 1.165) is 12.8 Å². The Morgan fingerprint density at radius 3 is 2.22 bits per heavy atom. The third kappa shape index (κ3) is 1.00. The van der Waals surface area contributed by atoms with Crippen LogP contribution in [-0.4, -0.2) is 5.78 Å². The molecule has 0 aromatic rings. The third-order valence-corrected chi connectivity index (χ3v) is 2.67. The van der Waals surface area contributed by atoms with E-state index in [0.29, 0.717) is 5.78 Å². The predicted octanol–water partition coefficient (Wildman–Crippen LogP) is 2.01. The molecule has 0 radical (unpaired) electrons. The second-order valence-corrected chi connectivity index (χ2v) is 3.68. The van der Waals surface area contributed by atoms with Crippen LogP contribution in [0.4, 0.5) is 0 Å². The Bertz CT molecular complexity index is 136. The van der Waals surface area contributed by atoms with Gasteiger partial charge in [-0.2, -0.15) is 0 Å². The molecule has 9 heavy (non-hydrogen) atoms. The van der Waals surface area contributed by atoms with Crippen LogP contribution in [0.2, 0.25) is 0 Å². The highest BCUT2D eigenvalue weighted by atomic mass is 16.1. The van der Waals surface area contributed by atoms with Gasteiger partial charge in [0, 0.05) is 12.3 Å². The average Bonchev–Trinajstić information content (AvgIpc) is 1.97.